The first kappa shape index (κ1) is 17.5. The molecule has 138 valence electrons. The normalized spacial score (nSPS) is 11.3. The molecule has 0 aliphatic heterocycles. The average Bonchev–Trinajstić information content (AvgIpc) is 3.28. The molecule has 4 aromatic rings. The van der Waals surface area contributed by atoms with Gasteiger partial charge in [0.15, 0.2) is 9.99 Å². The van der Waals surface area contributed by atoms with E-state index in [4.69, 9.17) is 4.74 Å². The molecular weight excluding hydrogens is 396 g/mol. The Labute approximate surface area is 159 Å². The molecule has 3 aromatic heterocycles. The standard InChI is InChI=1S/C15H11F2N7OS2/c1-25-9-4-2-3-8(7-9)18-14-21-22-15(27-14)26-11-6-5-10-19-20-13(12(16)17)24(10)23-11/h2-7,12H,1H3,(H,18,21). The molecule has 8 nitrogen and oxygen atoms in total. The molecule has 0 unspecified atom stereocenters. The van der Waals surface area contributed by atoms with E-state index in [0.717, 1.165) is 16.0 Å². The number of rotatable bonds is 6. The number of nitrogens with zero attached hydrogens (tertiary/aromatic N) is 6. The third-order valence-corrected chi connectivity index (χ3v) is 5.19. The summed E-state index contributed by atoms with van der Waals surface area (Å²) in [5.41, 5.74) is 1.07. The van der Waals surface area contributed by atoms with Gasteiger partial charge in [-0.3, -0.25) is 0 Å². The second kappa shape index (κ2) is 7.40. The summed E-state index contributed by atoms with van der Waals surface area (Å²) in [5.74, 6) is 0.227. The lowest BCUT2D eigenvalue weighted by Crippen LogP contribution is -2.00. The van der Waals surface area contributed by atoms with Crippen molar-refractivity contribution < 1.29 is 13.5 Å². The van der Waals surface area contributed by atoms with Crippen LogP contribution in [0.4, 0.5) is 19.6 Å². The zero-order valence-electron chi connectivity index (χ0n) is 13.7. The van der Waals surface area contributed by atoms with Gasteiger partial charge in [0.2, 0.25) is 11.0 Å². The van der Waals surface area contributed by atoms with Gasteiger partial charge in [-0.2, -0.15) is 9.61 Å². The summed E-state index contributed by atoms with van der Waals surface area (Å²) in [4.78, 5) is 0. The first-order valence-corrected chi connectivity index (χ1v) is 9.18. The SMILES string of the molecule is COc1cccc(Nc2nnc(Sc3ccc4nnc(C(F)F)n4n3)s2)c1. The molecule has 1 aromatic carbocycles. The highest BCUT2D eigenvalue weighted by molar-refractivity contribution is 8.01. The van der Waals surface area contributed by atoms with Crippen LogP contribution in [0.25, 0.3) is 5.65 Å². The third kappa shape index (κ3) is 3.80. The monoisotopic (exact) mass is 407 g/mol. The van der Waals surface area contributed by atoms with Crippen LogP contribution in [0.1, 0.15) is 12.2 Å². The molecule has 3 heterocycles. The Morgan fingerprint density at radius 1 is 1.15 bits per heavy atom. The maximum Gasteiger partial charge on any atom is 0.299 e. The molecule has 27 heavy (non-hydrogen) atoms. The topological polar surface area (TPSA) is 90.1 Å². The molecule has 0 atom stereocenters. The summed E-state index contributed by atoms with van der Waals surface area (Å²) >= 11 is 2.53. The molecule has 0 radical (unpaired) electrons. The lowest BCUT2D eigenvalue weighted by atomic mass is 10.3. The van der Waals surface area contributed by atoms with Gasteiger partial charge in [-0.25, -0.2) is 8.78 Å². The van der Waals surface area contributed by atoms with E-state index in [-0.39, 0.29) is 5.65 Å². The number of methoxy groups -OCH3 is 1. The Balaban J connectivity index is 1.52. The van der Waals surface area contributed by atoms with E-state index >= 15 is 0 Å². The fraction of sp³-hybridized carbons (Fsp3) is 0.133. The van der Waals surface area contributed by atoms with Crippen molar-refractivity contribution in [3.05, 3.63) is 42.2 Å². The number of benzene rings is 1. The van der Waals surface area contributed by atoms with Crippen molar-refractivity contribution in [3.63, 3.8) is 0 Å². The maximum atomic E-state index is 12.9. The number of anilines is 2. The summed E-state index contributed by atoms with van der Waals surface area (Å²) in [6, 6.07) is 10.7. The second-order valence-corrected chi connectivity index (χ2v) is 7.38. The lowest BCUT2D eigenvalue weighted by molar-refractivity contribution is 0.137. The van der Waals surface area contributed by atoms with Gasteiger partial charge in [-0.1, -0.05) is 17.4 Å². The second-order valence-electron chi connectivity index (χ2n) is 5.13. The van der Waals surface area contributed by atoms with E-state index in [1.54, 1.807) is 19.2 Å². The zero-order chi connectivity index (χ0) is 18.8. The molecule has 0 amide bonds. The highest BCUT2D eigenvalue weighted by atomic mass is 32.2. The summed E-state index contributed by atoms with van der Waals surface area (Å²) in [6.07, 6.45) is -2.76. The molecule has 0 aliphatic carbocycles. The van der Waals surface area contributed by atoms with Gasteiger partial charge in [-0.15, -0.1) is 20.4 Å². The van der Waals surface area contributed by atoms with Crippen LogP contribution in [0, 0.1) is 0 Å². The number of aromatic nitrogens is 6. The number of alkyl halides is 2. The van der Waals surface area contributed by atoms with Crippen LogP contribution in [-0.4, -0.2) is 37.1 Å². The van der Waals surface area contributed by atoms with E-state index in [0.29, 0.717) is 14.5 Å². The van der Waals surface area contributed by atoms with Gasteiger partial charge in [0, 0.05) is 11.8 Å². The van der Waals surface area contributed by atoms with Crippen molar-refractivity contribution >= 4 is 39.6 Å². The molecule has 4 rings (SSSR count). The number of fused-ring (bicyclic) bond motifs is 1. The Morgan fingerprint density at radius 2 is 2.04 bits per heavy atom. The van der Waals surface area contributed by atoms with Crippen molar-refractivity contribution in [1.82, 2.24) is 30.0 Å². The largest absolute Gasteiger partial charge is 0.497 e. The highest BCUT2D eigenvalue weighted by Crippen LogP contribution is 2.32. The first-order valence-electron chi connectivity index (χ1n) is 7.55. The van der Waals surface area contributed by atoms with Crippen LogP contribution in [0.5, 0.6) is 5.75 Å². The molecular formula is C15H11F2N7OS2. The van der Waals surface area contributed by atoms with Crippen LogP contribution in [0.15, 0.2) is 45.8 Å². The molecule has 0 bridgehead atoms. The van der Waals surface area contributed by atoms with Crippen molar-refractivity contribution in [2.75, 3.05) is 12.4 Å². The van der Waals surface area contributed by atoms with Gasteiger partial charge < -0.3 is 10.1 Å². The van der Waals surface area contributed by atoms with E-state index in [1.807, 2.05) is 24.3 Å². The smallest absolute Gasteiger partial charge is 0.299 e. The summed E-state index contributed by atoms with van der Waals surface area (Å²) < 4.78 is 32.7. The Kier molecular flexibility index (Phi) is 4.81. The zero-order valence-corrected chi connectivity index (χ0v) is 15.3. The molecule has 0 fully saturated rings. The number of ether oxygens (including phenoxy) is 1. The van der Waals surface area contributed by atoms with Gasteiger partial charge in [-0.05, 0) is 36.0 Å². The highest BCUT2D eigenvalue weighted by Gasteiger charge is 2.17. The van der Waals surface area contributed by atoms with E-state index in [9.17, 15) is 8.78 Å². The van der Waals surface area contributed by atoms with Crippen molar-refractivity contribution in [1.29, 1.82) is 0 Å². The summed E-state index contributed by atoms with van der Waals surface area (Å²) in [6.45, 7) is 0. The molecule has 12 heteroatoms. The summed E-state index contributed by atoms with van der Waals surface area (Å²) in [7, 11) is 1.60. The minimum Gasteiger partial charge on any atom is -0.497 e. The van der Waals surface area contributed by atoms with Gasteiger partial charge >= 0.3 is 0 Å². The Bertz CT molecular complexity index is 1080. The van der Waals surface area contributed by atoms with E-state index in [1.165, 1.54) is 23.1 Å². The molecule has 0 aliphatic rings. The molecule has 0 saturated heterocycles. The molecule has 0 saturated carbocycles. The Hall–Kier alpha value is -2.86. The number of hydrogen-bond acceptors (Lipinski definition) is 9. The van der Waals surface area contributed by atoms with E-state index < -0.39 is 12.2 Å². The number of nitrogens with one attached hydrogen (secondary N) is 1. The predicted octanol–water partition coefficient (Wildman–Crippen LogP) is 3.82. The van der Waals surface area contributed by atoms with Crippen molar-refractivity contribution in [2.24, 2.45) is 0 Å². The number of halogens is 2. The van der Waals surface area contributed by atoms with Gasteiger partial charge in [0.25, 0.3) is 6.43 Å². The average molecular weight is 407 g/mol. The van der Waals surface area contributed by atoms with Crippen molar-refractivity contribution in [2.45, 2.75) is 15.8 Å². The van der Waals surface area contributed by atoms with Crippen LogP contribution >= 0.6 is 23.1 Å². The fourth-order valence-corrected chi connectivity index (χ4v) is 3.87. The quantitative estimate of drug-likeness (QED) is 0.516. The minimum absolute atomic E-state index is 0.257. The summed E-state index contributed by atoms with van der Waals surface area (Å²) in [5, 5.41) is 23.6. The Morgan fingerprint density at radius 3 is 2.85 bits per heavy atom. The van der Waals surface area contributed by atoms with Crippen molar-refractivity contribution in [3.8, 4) is 5.75 Å². The third-order valence-electron chi connectivity index (χ3n) is 3.38. The molecule has 0 spiro atoms. The van der Waals surface area contributed by atoms with E-state index in [2.05, 4.69) is 30.8 Å². The first-order chi connectivity index (χ1) is 13.1. The maximum absolute atomic E-state index is 12.9. The van der Waals surface area contributed by atoms with Crippen LogP contribution in [0.3, 0.4) is 0 Å². The molecule has 1 N–H and O–H groups in total. The predicted molar refractivity (Wildman–Crippen MR) is 96.0 cm³/mol. The fourth-order valence-electron chi connectivity index (χ4n) is 2.19. The van der Waals surface area contributed by atoms with Gasteiger partial charge in [0.05, 0.1) is 7.11 Å². The van der Waals surface area contributed by atoms with Crippen LogP contribution in [0.2, 0.25) is 0 Å². The number of hydrogen-bond donors (Lipinski definition) is 1. The lowest BCUT2D eigenvalue weighted by Gasteiger charge is -2.04. The minimum atomic E-state index is -2.76. The van der Waals surface area contributed by atoms with Crippen LogP contribution in [-0.2, 0) is 0 Å². The van der Waals surface area contributed by atoms with Crippen LogP contribution < -0.4 is 10.1 Å². The van der Waals surface area contributed by atoms with Gasteiger partial charge in [0.1, 0.15) is 10.8 Å².